The minimum atomic E-state index is -0.434. The highest BCUT2D eigenvalue weighted by Crippen LogP contribution is 2.29. The number of carbonyl (C=O) groups is 1. The lowest BCUT2D eigenvalue weighted by Crippen LogP contribution is -2.37. The first kappa shape index (κ1) is 20.4. The van der Waals surface area contributed by atoms with Crippen molar-refractivity contribution in [3.63, 3.8) is 0 Å². The Bertz CT molecular complexity index is 947. The van der Waals surface area contributed by atoms with Crippen LogP contribution < -0.4 is 16.6 Å². The van der Waals surface area contributed by atoms with E-state index in [0.29, 0.717) is 0 Å². The molecule has 1 amide bonds. The zero-order valence-corrected chi connectivity index (χ0v) is 16.5. The Morgan fingerprint density at radius 1 is 1.15 bits per heavy atom. The molecule has 0 radical (unpaired) electrons. The fourth-order valence-corrected chi connectivity index (χ4v) is 2.89. The molecule has 0 spiro atoms. The maximum absolute atomic E-state index is 12.5. The van der Waals surface area contributed by atoms with Gasteiger partial charge in [-0.1, -0.05) is 51.1 Å². The molecule has 0 unspecified atom stereocenters. The van der Waals surface area contributed by atoms with Gasteiger partial charge in [0.05, 0.1) is 11.6 Å². The van der Waals surface area contributed by atoms with Gasteiger partial charge >= 0.3 is 5.69 Å². The third-order valence-electron chi connectivity index (χ3n) is 4.22. The summed E-state index contributed by atoms with van der Waals surface area (Å²) in [5.74, 6) is -0.288. The summed E-state index contributed by atoms with van der Waals surface area (Å²) >= 11 is 0. The topological polar surface area (TPSA) is 73.1 Å². The van der Waals surface area contributed by atoms with Crippen LogP contribution in [0.5, 0.6) is 0 Å². The van der Waals surface area contributed by atoms with Crippen LogP contribution in [0.3, 0.4) is 0 Å². The second kappa shape index (κ2) is 8.20. The molecule has 0 aliphatic carbocycles. The standard InChI is InChI=1S/C21H27N3O3/c1-21(2,3)13-17(15-9-7-6-8-10-15)22-18(25)12-11-16-14-23(4)20(27)24(5)19(16)26/h6-12,14,17H,13H2,1-5H3,(H,22,25)/b12-11+/t17-/m0/s1. The van der Waals surface area contributed by atoms with Crippen LogP contribution in [0.4, 0.5) is 0 Å². The zero-order chi connectivity index (χ0) is 20.2. The van der Waals surface area contributed by atoms with E-state index in [-0.39, 0.29) is 22.9 Å². The first-order chi connectivity index (χ1) is 12.6. The number of carbonyl (C=O) groups excluding carboxylic acids is 1. The van der Waals surface area contributed by atoms with Gasteiger partial charge in [-0.05, 0) is 23.5 Å². The number of nitrogens with zero attached hydrogens (tertiary/aromatic N) is 2. The second-order valence-corrected chi connectivity index (χ2v) is 7.91. The molecule has 0 bridgehead atoms. The van der Waals surface area contributed by atoms with E-state index >= 15 is 0 Å². The number of nitrogens with one attached hydrogen (secondary N) is 1. The summed E-state index contributed by atoms with van der Waals surface area (Å²) < 4.78 is 2.33. The quantitative estimate of drug-likeness (QED) is 0.823. The molecule has 144 valence electrons. The Morgan fingerprint density at radius 2 is 1.78 bits per heavy atom. The molecule has 1 atom stereocenters. The van der Waals surface area contributed by atoms with Crippen molar-refractivity contribution in [3.8, 4) is 0 Å². The smallest absolute Gasteiger partial charge is 0.330 e. The lowest BCUT2D eigenvalue weighted by atomic mass is 9.85. The van der Waals surface area contributed by atoms with Crippen LogP contribution in [0.25, 0.3) is 6.08 Å². The highest BCUT2D eigenvalue weighted by Gasteiger charge is 2.21. The lowest BCUT2D eigenvalue weighted by molar-refractivity contribution is -0.117. The van der Waals surface area contributed by atoms with Crippen molar-refractivity contribution in [2.45, 2.75) is 33.2 Å². The van der Waals surface area contributed by atoms with E-state index in [1.807, 2.05) is 30.3 Å². The Labute approximate surface area is 159 Å². The largest absolute Gasteiger partial charge is 0.346 e. The van der Waals surface area contributed by atoms with Gasteiger partial charge in [0, 0.05) is 26.4 Å². The first-order valence-corrected chi connectivity index (χ1v) is 8.89. The predicted octanol–water partition coefficient (Wildman–Crippen LogP) is 2.39. The summed E-state index contributed by atoms with van der Waals surface area (Å²) in [6.07, 6.45) is 4.98. The fraction of sp³-hybridized carbons (Fsp3) is 0.381. The molecule has 2 aromatic rings. The van der Waals surface area contributed by atoms with E-state index in [9.17, 15) is 14.4 Å². The fourth-order valence-electron chi connectivity index (χ4n) is 2.89. The molecule has 1 aromatic carbocycles. The summed E-state index contributed by atoms with van der Waals surface area (Å²) in [6.45, 7) is 6.37. The minimum Gasteiger partial charge on any atom is -0.346 e. The van der Waals surface area contributed by atoms with Crippen LogP contribution in [-0.2, 0) is 18.9 Å². The van der Waals surface area contributed by atoms with Gasteiger partial charge in [-0.2, -0.15) is 0 Å². The van der Waals surface area contributed by atoms with E-state index in [4.69, 9.17) is 0 Å². The van der Waals surface area contributed by atoms with Crippen molar-refractivity contribution < 1.29 is 4.79 Å². The third-order valence-corrected chi connectivity index (χ3v) is 4.22. The van der Waals surface area contributed by atoms with Crippen LogP contribution in [0.2, 0.25) is 0 Å². The number of hydrogen-bond donors (Lipinski definition) is 1. The normalized spacial score (nSPS) is 12.9. The lowest BCUT2D eigenvalue weighted by Gasteiger charge is -2.27. The van der Waals surface area contributed by atoms with Gasteiger partial charge < -0.3 is 9.88 Å². The number of hydrogen-bond acceptors (Lipinski definition) is 3. The molecule has 2 rings (SSSR count). The molecule has 1 aromatic heterocycles. The Morgan fingerprint density at radius 3 is 2.37 bits per heavy atom. The highest BCUT2D eigenvalue weighted by molar-refractivity contribution is 5.91. The second-order valence-electron chi connectivity index (χ2n) is 7.91. The summed E-state index contributed by atoms with van der Waals surface area (Å²) in [5.41, 5.74) is 0.506. The highest BCUT2D eigenvalue weighted by atomic mass is 16.2. The van der Waals surface area contributed by atoms with E-state index in [1.54, 1.807) is 7.05 Å². The zero-order valence-electron chi connectivity index (χ0n) is 16.5. The first-order valence-electron chi connectivity index (χ1n) is 8.89. The summed E-state index contributed by atoms with van der Waals surface area (Å²) in [7, 11) is 2.98. The van der Waals surface area contributed by atoms with E-state index in [1.165, 1.54) is 30.0 Å². The number of aryl methyl sites for hydroxylation is 1. The van der Waals surface area contributed by atoms with Crippen molar-refractivity contribution in [1.29, 1.82) is 0 Å². The molecule has 0 aliphatic heterocycles. The number of rotatable bonds is 5. The number of benzene rings is 1. The molecule has 0 saturated carbocycles. The van der Waals surface area contributed by atoms with Gasteiger partial charge in [0.15, 0.2) is 0 Å². The molecule has 1 N–H and O–H groups in total. The van der Waals surface area contributed by atoms with Crippen LogP contribution in [-0.4, -0.2) is 15.0 Å². The van der Waals surface area contributed by atoms with Crippen molar-refractivity contribution in [2.24, 2.45) is 19.5 Å². The number of amides is 1. The Balaban J connectivity index is 2.22. The summed E-state index contributed by atoms with van der Waals surface area (Å²) in [4.78, 5) is 36.3. The summed E-state index contributed by atoms with van der Waals surface area (Å²) in [5, 5.41) is 3.02. The van der Waals surface area contributed by atoms with E-state index in [0.717, 1.165) is 16.6 Å². The minimum absolute atomic E-state index is 0.0329. The van der Waals surface area contributed by atoms with Crippen LogP contribution in [0.1, 0.15) is 44.4 Å². The SMILES string of the molecule is Cn1cc(/C=C/C(=O)N[C@@H](CC(C)(C)C)c2ccccc2)c(=O)n(C)c1=O. The van der Waals surface area contributed by atoms with Gasteiger partial charge in [-0.15, -0.1) is 0 Å². The average molecular weight is 369 g/mol. The molecule has 6 heteroatoms. The van der Waals surface area contributed by atoms with Gasteiger partial charge in [-0.3, -0.25) is 14.2 Å². The molecular weight excluding hydrogens is 342 g/mol. The number of aromatic nitrogens is 2. The van der Waals surface area contributed by atoms with E-state index in [2.05, 4.69) is 26.1 Å². The predicted molar refractivity (Wildman–Crippen MR) is 107 cm³/mol. The van der Waals surface area contributed by atoms with Gasteiger partial charge in [0.25, 0.3) is 5.56 Å². The van der Waals surface area contributed by atoms with Crippen molar-refractivity contribution in [1.82, 2.24) is 14.5 Å². The molecule has 0 saturated heterocycles. The summed E-state index contributed by atoms with van der Waals surface area (Å²) in [6, 6.07) is 9.68. The van der Waals surface area contributed by atoms with Gasteiger partial charge in [0.1, 0.15) is 0 Å². The molecule has 1 heterocycles. The molecule has 0 fully saturated rings. The molecular formula is C21H27N3O3. The molecule has 6 nitrogen and oxygen atoms in total. The van der Waals surface area contributed by atoms with Crippen molar-refractivity contribution >= 4 is 12.0 Å². The molecule has 0 aliphatic rings. The van der Waals surface area contributed by atoms with E-state index < -0.39 is 11.2 Å². The van der Waals surface area contributed by atoms with Gasteiger partial charge in [0.2, 0.25) is 5.91 Å². The van der Waals surface area contributed by atoms with Crippen molar-refractivity contribution in [3.05, 3.63) is 74.6 Å². The average Bonchev–Trinajstić information content (AvgIpc) is 2.61. The van der Waals surface area contributed by atoms with Gasteiger partial charge in [-0.25, -0.2) is 4.79 Å². The van der Waals surface area contributed by atoms with Crippen LogP contribution >= 0.6 is 0 Å². The van der Waals surface area contributed by atoms with Crippen LogP contribution in [0.15, 0.2) is 52.2 Å². The van der Waals surface area contributed by atoms with Crippen molar-refractivity contribution in [2.75, 3.05) is 0 Å². The molecule has 27 heavy (non-hydrogen) atoms. The maximum atomic E-state index is 12.5. The maximum Gasteiger partial charge on any atom is 0.330 e. The Hall–Kier alpha value is -2.89. The third kappa shape index (κ3) is 5.54. The Kier molecular flexibility index (Phi) is 6.20. The van der Waals surface area contributed by atoms with Crippen LogP contribution in [0, 0.1) is 5.41 Å². The monoisotopic (exact) mass is 369 g/mol.